The van der Waals surface area contributed by atoms with Gasteiger partial charge in [0.05, 0.1) is 14.8 Å². The Hall–Kier alpha value is -0.950. The van der Waals surface area contributed by atoms with Crippen LogP contribution in [0.3, 0.4) is 0 Å². The monoisotopic (exact) mass is 486 g/mol. The van der Waals surface area contributed by atoms with Crippen molar-refractivity contribution in [2.45, 2.75) is 38.8 Å². The summed E-state index contributed by atoms with van der Waals surface area (Å²) in [4.78, 5) is 20.0. The van der Waals surface area contributed by atoms with Crippen LogP contribution in [-0.2, 0) is 20.3 Å². The fourth-order valence-corrected chi connectivity index (χ4v) is 5.13. The molecule has 8 nitrogen and oxygen atoms in total. The van der Waals surface area contributed by atoms with E-state index in [9.17, 15) is 13.2 Å². The van der Waals surface area contributed by atoms with Crippen molar-refractivity contribution in [3.63, 3.8) is 0 Å². The Balaban J connectivity index is 2.39. The highest BCUT2D eigenvalue weighted by atomic mass is 127. The van der Waals surface area contributed by atoms with E-state index < -0.39 is 27.3 Å². The maximum absolute atomic E-state index is 12.5. The molecule has 1 aliphatic heterocycles. The first-order chi connectivity index (χ1) is 10.8. The highest BCUT2D eigenvalue weighted by molar-refractivity contribution is 14.1. The third kappa shape index (κ3) is 4.36. The van der Waals surface area contributed by atoms with Gasteiger partial charge in [-0.1, -0.05) is 0 Å². The summed E-state index contributed by atoms with van der Waals surface area (Å²) in [6, 6.07) is 0. The van der Waals surface area contributed by atoms with E-state index in [4.69, 9.17) is 4.74 Å². The summed E-state index contributed by atoms with van der Waals surface area (Å²) in [5.74, 6) is -0.267. The zero-order valence-corrected chi connectivity index (χ0v) is 17.7. The second-order valence-corrected chi connectivity index (χ2v) is 11.5. The maximum atomic E-state index is 12.5. The zero-order chi connectivity index (χ0) is 18.3. The Morgan fingerprint density at radius 3 is 2.67 bits per heavy atom. The van der Waals surface area contributed by atoms with Gasteiger partial charge in [0.25, 0.3) is 0 Å². The molecule has 1 saturated heterocycles. The molecule has 1 fully saturated rings. The van der Waals surface area contributed by atoms with Crippen molar-refractivity contribution in [3.8, 4) is 0 Å². The van der Waals surface area contributed by atoms with Gasteiger partial charge in [0, 0.05) is 7.05 Å². The van der Waals surface area contributed by atoms with E-state index in [2.05, 4.69) is 37.9 Å². The number of aliphatic imine (C=N–C) groups is 1. The number of carbonyl (C=O) groups excluding carboxylic acids is 1. The Kier molecular flexibility index (Phi) is 5.17. The lowest BCUT2D eigenvalue weighted by Gasteiger charge is -2.38. The standard InChI is InChI=1S/C13H19IN4O4S2/c1-12(2,3)22-11(19)16-10-17-13(4,7-24(20,21)18(10)5)9-15-6-8(14)23-9/h6H,7H2,1-5H3,(H,16,17,19)/t13-/m0/s1. The molecule has 134 valence electrons. The summed E-state index contributed by atoms with van der Waals surface area (Å²) in [6.07, 6.45) is 0.813. The number of aromatic nitrogens is 1. The van der Waals surface area contributed by atoms with E-state index in [1.54, 1.807) is 33.9 Å². The van der Waals surface area contributed by atoms with E-state index >= 15 is 0 Å². The molecule has 1 atom stereocenters. The Bertz CT molecular complexity index is 784. The molecule has 1 aliphatic rings. The lowest BCUT2D eigenvalue weighted by Crippen LogP contribution is -2.61. The van der Waals surface area contributed by atoms with Gasteiger partial charge in [-0.2, -0.15) is 0 Å². The molecular formula is C13H19IN4O4S2. The Morgan fingerprint density at radius 2 is 2.17 bits per heavy atom. The van der Waals surface area contributed by atoms with Gasteiger partial charge in [0.1, 0.15) is 16.1 Å². The summed E-state index contributed by atoms with van der Waals surface area (Å²) in [5, 5.41) is 3.63. The molecule has 0 aliphatic carbocycles. The van der Waals surface area contributed by atoms with Gasteiger partial charge in [-0.05, 0) is 50.3 Å². The van der Waals surface area contributed by atoms with Crippen molar-refractivity contribution in [1.82, 2.24) is 14.6 Å². The van der Waals surface area contributed by atoms with E-state index in [1.165, 1.54) is 18.4 Å². The lowest BCUT2D eigenvalue weighted by molar-refractivity contribution is 0.0602. The normalized spacial score (nSPS) is 25.4. The predicted octanol–water partition coefficient (Wildman–Crippen LogP) is 2.12. The SMILES string of the molecule is CN1/C(=N/C(=O)OC(C)(C)C)N[C@](C)(c2ncc(I)s2)CS1(=O)=O. The molecule has 1 aromatic rings. The minimum atomic E-state index is -3.65. The Labute approximate surface area is 158 Å². The molecule has 0 spiro atoms. The topological polar surface area (TPSA) is 101 Å². The average Bonchev–Trinajstić information content (AvgIpc) is 2.80. The molecule has 0 bridgehead atoms. The van der Waals surface area contributed by atoms with E-state index in [1.807, 2.05) is 0 Å². The van der Waals surface area contributed by atoms with Gasteiger partial charge in [-0.15, -0.1) is 16.3 Å². The van der Waals surface area contributed by atoms with Crippen LogP contribution in [0.4, 0.5) is 4.79 Å². The third-order valence-electron chi connectivity index (χ3n) is 3.11. The van der Waals surface area contributed by atoms with Gasteiger partial charge in [-0.3, -0.25) is 0 Å². The van der Waals surface area contributed by atoms with Crippen molar-refractivity contribution in [2.75, 3.05) is 12.8 Å². The molecule has 1 aromatic heterocycles. The number of hydrogen-bond acceptors (Lipinski definition) is 6. The second-order valence-electron chi connectivity index (χ2n) is 6.57. The minimum Gasteiger partial charge on any atom is -0.442 e. The Morgan fingerprint density at radius 1 is 1.54 bits per heavy atom. The highest BCUT2D eigenvalue weighted by Gasteiger charge is 2.44. The average molecular weight is 486 g/mol. The van der Waals surface area contributed by atoms with Crippen LogP contribution < -0.4 is 5.32 Å². The van der Waals surface area contributed by atoms with Crippen LogP contribution in [0.15, 0.2) is 11.2 Å². The minimum absolute atomic E-state index is 0.0804. The number of carbonyl (C=O) groups is 1. The molecule has 0 unspecified atom stereocenters. The van der Waals surface area contributed by atoms with E-state index in [-0.39, 0.29) is 11.7 Å². The van der Waals surface area contributed by atoms with Crippen molar-refractivity contribution in [2.24, 2.45) is 4.99 Å². The first-order valence-corrected chi connectivity index (χ1v) is 10.5. The zero-order valence-electron chi connectivity index (χ0n) is 14.0. The summed E-state index contributed by atoms with van der Waals surface area (Å²) in [6.45, 7) is 6.85. The van der Waals surface area contributed by atoms with Crippen LogP contribution in [0.25, 0.3) is 0 Å². The van der Waals surface area contributed by atoms with Gasteiger partial charge in [-0.25, -0.2) is 22.5 Å². The summed E-state index contributed by atoms with van der Waals surface area (Å²) in [5.41, 5.74) is -1.69. The van der Waals surface area contributed by atoms with E-state index in [0.717, 1.165) is 7.19 Å². The fourth-order valence-electron chi connectivity index (χ4n) is 2.05. The summed E-state index contributed by atoms with van der Waals surface area (Å²) >= 11 is 3.51. The van der Waals surface area contributed by atoms with Crippen molar-refractivity contribution in [1.29, 1.82) is 0 Å². The first kappa shape index (κ1) is 19.4. The molecule has 11 heteroatoms. The summed E-state index contributed by atoms with van der Waals surface area (Å²) < 4.78 is 32.0. The highest BCUT2D eigenvalue weighted by Crippen LogP contribution is 2.31. The number of amides is 1. The number of rotatable bonds is 1. The van der Waals surface area contributed by atoms with Crippen LogP contribution in [0.5, 0.6) is 0 Å². The predicted molar refractivity (Wildman–Crippen MR) is 101 cm³/mol. The van der Waals surface area contributed by atoms with Gasteiger partial charge >= 0.3 is 6.09 Å². The third-order valence-corrected chi connectivity index (χ3v) is 7.05. The van der Waals surface area contributed by atoms with Gasteiger partial charge in [0.2, 0.25) is 16.0 Å². The quantitative estimate of drug-likeness (QED) is 0.611. The molecule has 1 N–H and O–H groups in total. The van der Waals surface area contributed by atoms with Gasteiger partial charge in [0.15, 0.2) is 0 Å². The number of nitrogens with zero attached hydrogens (tertiary/aromatic N) is 3. The molecule has 1 amide bonds. The number of thiazole rings is 1. The number of guanidine groups is 1. The number of halogens is 1. The van der Waals surface area contributed by atoms with Crippen LogP contribution in [-0.4, -0.2) is 48.2 Å². The smallest absolute Gasteiger partial charge is 0.437 e. The molecular weight excluding hydrogens is 467 g/mol. The molecule has 24 heavy (non-hydrogen) atoms. The van der Waals surface area contributed by atoms with Crippen LogP contribution in [0.2, 0.25) is 0 Å². The van der Waals surface area contributed by atoms with Crippen LogP contribution in [0.1, 0.15) is 32.7 Å². The van der Waals surface area contributed by atoms with Crippen molar-refractivity contribution < 1.29 is 17.9 Å². The van der Waals surface area contributed by atoms with Crippen LogP contribution in [0, 0.1) is 2.88 Å². The number of sulfonamides is 1. The van der Waals surface area contributed by atoms with Crippen molar-refractivity contribution in [3.05, 3.63) is 14.1 Å². The number of hydrogen-bond donors (Lipinski definition) is 1. The first-order valence-electron chi connectivity index (χ1n) is 7.01. The lowest BCUT2D eigenvalue weighted by atomic mass is 10.1. The molecule has 2 heterocycles. The molecule has 0 aromatic carbocycles. The fraction of sp³-hybridized carbons (Fsp3) is 0.615. The maximum Gasteiger partial charge on any atom is 0.437 e. The number of ether oxygens (including phenoxy) is 1. The molecule has 0 saturated carbocycles. The second kappa shape index (κ2) is 6.41. The molecule has 0 radical (unpaired) electrons. The number of nitrogens with one attached hydrogen (secondary N) is 1. The molecule has 2 rings (SSSR count). The van der Waals surface area contributed by atoms with E-state index in [0.29, 0.717) is 5.01 Å². The largest absolute Gasteiger partial charge is 0.442 e. The summed E-state index contributed by atoms with van der Waals surface area (Å²) in [7, 11) is -2.31. The van der Waals surface area contributed by atoms with Gasteiger partial charge < -0.3 is 10.1 Å². The van der Waals surface area contributed by atoms with Crippen LogP contribution >= 0.6 is 33.9 Å². The van der Waals surface area contributed by atoms with Crippen molar-refractivity contribution >= 4 is 56.0 Å².